The van der Waals surface area contributed by atoms with E-state index in [9.17, 15) is 8.78 Å². The minimum atomic E-state index is -2.96. The molecule has 0 bridgehead atoms. The van der Waals surface area contributed by atoms with Crippen molar-refractivity contribution in [3.63, 3.8) is 0 Å². The van der Waals surface area contributed by atoms with Crippen molar-refractivity contribution in [1.82, 2.24) is 0 Å². The van der Waals surface area contributed by atoms with E-state index in [-0.39, 0.29) is 21.6 Å². The van der Waals surface area contributed by atoms with Crippen LogP contribution in [0, 0.1) is 0 Å². The molecule has 7 heteroatoms. The van der Waals surface area contributed by atoms with E-state index in [0.29, 0.717) is 0 Å². The van der Waals surface area contributed by atoms with Crippen LogP contribution in [0.3, 0.4) is 0 Å². The van der Waals surface area contributed by atoms with Gasteiger partial charge >= 0.3 is 6.61 Å². The fourth-order valence-electron chi connectivity index (χ4n) is 0.949. The van der Waals surface area contributed by atoms with Crippen molar-refractivity contribution in [1.29, 1.82) is 0 Å². The Hall–Kier alpha value is -1.14. The van der Waals surface area contributed by atoms with Crippen LogP contribution >= 0.6 is 23.8 Å². The fraction of sp³-hybridized carbons (Fsp3) is 0.125. The van der Waals surface area contributed by atoms with E-state index in [1.807, 2.05) is 0 Å². The Morgan fingerprint density at radius 2 is 2.20 bits per heavy atom. The monoisotopic (exact) mass is 252 g/mol. The Morgan fingerprint density at radius 1 is 1.53 bits per heavy atom. The molecule has 0 radical (unpaired) electrons. The van der Waals surface area contributed by atoms with E-state index < -0.39 is 6.61 Å². The SMILES string of the molecule is NC(=S)Nc1cccc(Cl)c1OC(F)F. The molecule has 0 amide bonds. The predicted molar refractivity (Wildman–Crippen MR) is 58.5 cm³/mol. The van der Waals surface area contributed by atoms with Gasteiger partial charge in [0.25, 0.3) is 0 Å². The van der Waals surface area contributed by atoms with Gasteiger partial charge in [-0.15, -0.1) is 0 Å². The fourth-order valence-corrected chi connectivity index (χ4v) is 1.28. The first-order valence-corrected chi connectivity index (χ1v) is 4.59. The third kappa shape index (κ3) is 3.49. The smallest absolute Gasteiger partial charge is 0.387 e. The number of nitrogens with one attached hydrogen (secondary N) is 1. The van der Waals surface area contributed by atoms with Crippen molar-refractivity contribution in [2.75, 3.05) is 5.32 Å². The number of ether oxygens (including phenoxy) is 1. The molecular weight excluding hydrogens is 246 g/mol. The number of benzene rings is 1. The lowest BCUT2D eigenvalue weighted by Crippen LogP contribution is -2.19. The van der Waals surface area contributed by atoms with Crippen LogP contribution in [0.1, 0.15) is 0 Å². The van der Waals surface area contributed by atoms with Crippen LogP contribution in [0.4, 0.5) is 14.5 Å². The van der Waals surface area contributed by atoms with E-state index in [1.54, 1.807) is 6.07 Å². The molecule has 82 valence electrons. The van der Waals surface area contributed by atoms with Gasteiger partial charge in [0, 0.05) is 0 Å². The van der Waals surface area contributed by atoms with Gasteiger partial charge in [-0.25, -0.2) is 0 Å². The van der Waals surface area contributed by atoms with Crippen molar-refractivity contribution >= 4 is 34.6 Å². The number of thiocarbonyl (C=S) groups is 1. The summed E-state index contributed by atoms with van der Waals surface area (Å²) < 4.78 is 28.3. The standard InChI is InChI=1S/C8H7ClF2N2OS/c9-4-2-1-3-5(13-8(12)15)6(4)14-7(10)11/h1-3,7H,(H3,12,13,15). The van der Waals surface area contributed by atoms with E-state index in [1.165, 1.54) is 12.1 Å². The molecular formula is C8H7ClF2N2OS. The summed E-state index contributed by atoms with van der Waals surface area (Å²) in [6, 6.07) is 4.45. The molecule has 0 aliphatic carbocycles. The molecule has 0 unspecified atom stereocenters. The van der Waals surface area contributed by atoms with E-state index in [2.05, 4.69) is 22.3 Å². The Labute approximate surface area is 95.2 Å². The largest absolute Gasteiger partial charge is 0.431 e. The van der Waals surface area contributed by atoms with Crippen molar-refractivity contribution in [3.8, 4) is 5.75 Å². The van der Waals surface area contributed by atoms with E-state index >= 15 is 0 Å². The average molecular weight is 253 g/mol. The Balaban J connectivity index is 3.02. The van der Waals surface area contributed by atoms with Crippen LogP contribution in [0.25, 0.3) is 0 Å². The quantitative estimate of drug-likeness (QED) is 0.812. The number of rotatable bonds is 3. The molecule has 0 aromatic heterocycles. The van der Waals surface area contributed by atoms with Gasteiger partial charge in [-0.05, 0) is 24.4 Å². The number of hydrogen-bond donors (Lipinski definition) is 2. The molecule has 1 rings (SSSR count). The van der Waals surface area contributed by atoms with Crippen LogP contribution in [-0.2, 0) is 0 Å². The van der Waals surface area contributed by atoms with Gasteiger partial charge in [0.2, 0.25) is 0 Å². The normalized spacial score (nSPS) is 10.1. The van der Waals surface area contributed by atoms with Gasteiger partial charge in [0.15, 0.2) is 10.9 Å². The topological polar surface area (TPSA) is 47.3 Å². The summed E-state index contributed by atoms with van der Waals surface area (Å²) in [6.07, 6.45) is 0. The summed E-state index contributed by atoms with van der Waals surface area (Å²) in [5.41, 5.74) is 5.41. The van der Waals surface area contributed by atoms with Crippen LogP contribution < -0.4 is 15.8 Å². The Kier molecular flexibility index (Phi) is 4.05. The minimum Gasteiger partial charge on any atom is -0.431 e. The average Bonchev–Trinajstić information content (AvgIpc) is 2.09. The molecule has 15 heavy (non-hydrogen) atoms. The summed E-state index contributed by atoms with van der Waals surface area (Å²) in [5, 5.41) is 2.48. The summed E-state index contributed by atoms with van der Waals surface area (Å²) in [5.74, 6) is -0.179. The number of para-hydroxylation sites is 1. The zero-order valence-corrected chi connectivity index (χ0v) is 8.91. The van der Waals surface area contributed by atoms with Gasteiger partial charge in [-0.3, -0.25) is 0 Å². The maximum absolute atomic E-state index is 12.0. The van der Waals surface area contributed by atoms with Gasteiger partial charge in [0.05, 0.1) is 10.7 Å². The molecule has 0 spiro atoms. The first-order chi connectivity index (χ1) is 7.00. The summed E-state index contributed by atoms with van der Waals surface area (Å²) in [6.45, 7) is -2.96. The first kappa shape index (κ1) is 11.9. The summed E-state index contributed by atoms with van der Waals surface area (Å²) >= 11 is 10.2. The predicted octanol–water partition coefficient (Wildman–Crippen LogP) is 2.60. The van der Waals surface area contributed by atoms with Gasteiger partial charge in [-0.2, -0.15) is 8.78 Å². The van der Waals surface area contributed by atoms with E-state index in [4.69, 9.17) is 17.3 Å². The summed E-state index contributed by atoms with van der Waals surface area (Å²) in [4.78, 5) is 0. The highest BCUT2D eigenvalue weighted by molar-refractivity contribution is 7.80. The van der Waals surface area contributed by atoms with Crippen molar-refractivity contribution < 1.29 is 13.5 Å². The third-order valence-electron chi connectivity index (χ3n) is 1.43. The van der Waals surface area contributed by atoms with Gasteiger partial charge in [-0.1, -0.05) is 17.7 Å². The van der Waals surface area contributed by atoms with E-state index in [0.717, 1.165) is 0 Å². The van der Waals surface area contributed by atoms with Gasteiger partial charge < -0.3 is 15.8 Å². The molecule has 0 aliphatic rings. The molecule has 0 heterocycles. The number of hydrogen-bond acceptors (Lipinski definition) is 2. The second-order valence-corrected chi connectivity index (χ2v) is 3.33. The van der Waals surface area contributed by atoms with Crippen molar-refractivity contribution in [3.05, 3.63) is 23.2 Å². The first-order valence-electron chi connectivity index (χ1n) is 3.80. The number of anilines is 1. The maximum atomic E-state index is 12.0. The highest BCUT2D eigenvalue weighted by Crippen LogP contribution is 2.33. The zero-order chi connectivity index (χ0) is 11.4. The van der Waals surface area contributed by atoms with Crippen molar-refractivity contribution in [2.24, 2.45) is 5.73 Å². The highest BCUT2D eigenvalue weighted by Gasteiger charge is 2.13. The lowest BCUT2D eigenvalue weighted by atomic mass is 10.3. The molecule has 0 aliphatic heterocycles. The van der Waals surface area contributed by atoms with Crippen LogP contribution in [-0.4, -0.2) is 11.7 Å². The van der Waals surface area contributed by atoms with Crippen LogP contribution in [0.5, 0.6) is 5.75 Å². The molecule has 3 nitrogen and oxygen atoms in total. The van der Waals surface area contributed by atoms with Crippen molar-refractivity contribution in [2.45, 2.75) is 6.61 Å². The third-order valence-corrected chi connectivity index (χ3v) is 1.83. The maximum Gasteiger partial charge on any atom is 0.387 e. The van der Waals surface area contributed by atoms with Gasteiger partial charge in [0.1, 0.15) is 0 Å². The molecule has 1 aromatic rings. The molecule has 0 fully saturated rings. The zero-order valence-electron chi connectivity index (χ0n) is 7.34. The lowest BCUT2D eigenvalue weighted by molar-refractivity contribution is -0.0492. The summed E-state index contributed by atoms with van der Waals surface area (Å²) in [7, 11) is 0. The second kappa shape index (κ2) is 5.09. The number of alkyl halides is 2. The van der Waals surface area contributed by atoms with Crippen LogP contribution in [0.15, 0.2) is 18.2 Å². The molecule has 0 atom stereocenters. The molecule has 0 saturated heterocycles. The highest BCUT2D eigenvalue weighted by atomic mass is 35.5. The lowest BCUT2D eigenvalue weighted by Gasteiger charge is -2.12. The Bertz CT molecular complexity index is 376. The minimum absolute atomic E-state index is 0.0524. The molecule has 3 N–H and O–H groups in total. The molecule has 1 aromatic carbocycles. The van der Waals surface area contributed by atoms with Crippen LogP contribution in [0.2, 0.25) is 5.02 Å². The number of nitrogens with two attached hydrogens (primary N) is 1. The number of halogens is 3. The Morgan fingerprint density at radius 3 is 2.73 bits per heavy atom. The second-order valence-electron chi connectivity index (χ2n) is 2.48. The molecule has 0 saturated carbocycles.